The fourth-order valence-corrected chi connectivity index (χ4v) is 2.70. The summed E-state index contributed by atoms with van der Waals surface area (Å²) < 4.78 is 1.70. The van der Waals surface area contributed by atoms with Crippen LogP contribution in [0.5, 0.6) is 0 Å². The largest absolute Gasteiger partial charge is 0.274 e. The van der Waals surface area contributed by atoms with E-state index in [2.05, 4.69) is 11.1 Å². The summed E-state index contributed by atoms with van der Waals surface area (Å²) >= 11 is 0. The molecule has 4 aromatic rings. The number of rotatable bonds is 1. The quantitative estimate of drug-likeness (QED) is 0.497. The van der Waals surface area contributed by atoms with Gasteiger partial charge < -0.3 is 0 Å². The van der Waals surface area contributed by atoms with Gasteiger partial charge in [0.2, 0.25) is 0 Å². The fraction of sp³-hybridized carbons (Fsp3) is 0. The third-order valence-corrected chi connectivity index (χ3v) is 3.66. The van der Waals surface area contributed by atoms with Crippen LogP contribution >= 0.6 is 0 Å². The lowest BCUT2D eigenvalue weighted by atomic mass is 10.1. The molecule has 100 valence electrons. The zero-order valence-electron chi connectivity index (χ0n) is 11.2. The summed E-state index contributed by atoms with van der Waals surface area (Å²) in [6.45, 7) is 0. The average molecular weight is 272 g/mol. The van der Waals surface area contributed by atoms with Crippen molar-refractivity contribution in [2.75, 3.05) is 0 Å². The third kappa shape index (κ3) is 1.82. The Bertz CT molecular complexity index is 1000. The highest BCUT2D eigenvalue weighted by Gasteiger charge is 2.08. The highest BCUT2D eigenvalue weighted by Crippen LogP contribution is 2.23. The van der Waals surface area contributed by atoms with E-state index < -0.39 is 0 Å². The van der Waals surface area contributed by atoms with E-state index in [-0.39, 0.29) is 5.56 Å². The Kier molecular flexibility index (Phi) is 2.57. The molecule has 1 aromatic heterocycles. The topological polar surface area (TPSA) is 34.9 Å². The molecule has 0 bridgehead atoms. The number of hydrogen-bond donors (Lipinski definition) is 0. The third-order valence-electron chi connectivity index (χ3n) is 3.66. The minimum absolute atomic E-state index is 0.121. The van der Waals surface area contributed by atoms with Crippen LogP contribution in [-0.2, 0) is 0 Å². The molecule has 0 amide bonds. The molecule has 21 heavy (non-hydrogen) atoms. The normalized spacial score (nSPS) is 11.0. The van der Waals surface area contributed by atoms with Gasteiger partial charge >= 0.3 is 0 Å². The summed E-state index contributed by atoms with van der Waals surface area (Å²) in [6, 6.07) is 21.7. The van der Waals surface area contributed by atoms with E-state index in [9.17, 15) is 4.79 Å². The van der Waals surface area contributed by atoms with Crippen LogP contribution in [0.1, 0.15) is 0 Å². The number of nitrogens with zero attached hydrogens (tertiary/aromatic N) is 2. The van der Waals surface area contributed by atoms with Gasteiger partial charge in [0.15, 0.2) is 0 Å². The second kappa shape index (κ2) is 4.56. The van der Waals surface area contributed by atoms with Crippen LogP contribution in [-0.4, -0.2) is 9.55 Å². The van der Waals surface area contributed by atoms with Crippen molar-refractivity contribution in [2.24, 2.45) is 0 Å². The van der Waals surface area contributed by atoms with Gasteiger partial charge in [0, 0.05) is 11.1 Å². The summed E-state index contributed by atoms with van der Waals surface area (Å²) in [5.74, 6) is 0. The molecule has 0 aliphatic heterocycles. The second-order valence-electron chi connectivity index (χ2n) is 4.92. The van der Waals surface area contributed by atoms with Crippen molar-refractivity contribution in [1.82, 2.24) is 9.55 Å². The Morgan fingerprint density at radius 1 is 0.810 bits per heavy atom. The number of aromatic nitrogens is 2. The first kappa shape index (κ1) is 11.9. The Hall–Kier alpha value is -2.94. The van der Waals surface area contributed by atoms with Crippen LogP contribution in [0.25, 0.3) is 27.5 Å². The molecule has 0 saturated heterocycles. The molecule has 0 spiro atoms. The van der Waals surface area contributed by atoms with Gasteiger partial charge in [0.25, 0.3) is 5.56 Å². The van der Waals surface area contributed by atoms with Crippen molar-refractivity contribution in [3.05, 3.63) is 83.3 Å². The van der Waals surface area contributed by atoms with E-state index in [0.717, 1.165) is 27.5 Å². The molecule has 4 rings (SSSR count). The van der Waals surface area contributed by atoms with Gasteiger partial charge in [0.05, 0.1) is 17.2 Å². The molecule has 0 aliphatic carbocycles. The predicted molar refractivity (Wildman–Crippen MR) is 84.8 cm³/mol. The van der Waals surface area contributed by atoms with Gasteiger partial charge in [0.1, 0.15) is 0 Å². The van der Waals surface area contributed by atoms with Crippen LogP contribution in [0.15, 0.2) is 77.7 Å². The monoisotopic (exact) mass is 272 g/mol. The van der Waals surface area contributed by atoms with Crippen molar-refractivity contribution in [1.29, 1.82) is 0 Å². The van der Waals surface area contributed by atoms with E-state index in [0.29, 0.717) is 0 Å². The lowest BCUT2D eigenvalue weighted by Crippen LogP contribution is -2.18. The Morgan fingerprint density at radius 3 is 2.43 bits per heavy atom. The molecular formula is C18H12N2O. The van der Waals surface area contributed by atoms with Gasteiger partial charge in [-0.05, 0) is 23.6 Å². The smallest absolute Gasteiger partial charge is 0.274 e. The second-order valence-corrected chi connectivity index (χ2v) is 4.92. The lowest BCUT2D eigenvalue weighted by molar-refractivity contribution is 1.02. The van der Waals surface area contributed by atoms with Crippen molar-refractivity contribution >= 4 is 21.8 Å². The van der Waals surface area contributed by atoms with Crippen LogP contribution < -0.4 is 5.56 Å². The van der Waals surface area contributed by atoms with Gasteiger partial charge in [-0.15, -0.1) is 0 Å². The first-order chi connectivity index (χ1) is 10.3. The predicted octanol–water partition coefficient (Wildman–Crippen LogP) is 3.54. The summed E-state index contributed by atoms with van der Waals surface area (Å²) in [4.78, 5) is 16.6. The maximum Gasteiger partial charge on any atom is 0.274 e. The van der Waals surface area contributed by atoms with Crippen molar-refractivity contribution in [3.8, 4) is 5.69 Å². The highest BCUT2D eigenvalue weighted by molar-refractivity contribution is 6.04. The van der Waals surface area contributed by atoms with Crippen LogP contribution in [0.2, 0.25) is 0 Å². The van der Waals surface area contributed by atoms with Gasteiger partial charge in [-0.3, -0.25) is 9.36 Å². The molecule has 0 atom stereocenters. The minimum atomic E-state index is -0.121. The van der Waals surface area contributed by atoms with Crippen LogP contribution in [0, 0.1) is 0 Å². The number of benzene rings is 3. The van der Waals surface area contributed by atoms with Crippen molar-refractivity contribution in [2.45, 2.75) is 0 Å². The highest BCUT2D eigenvalue weighted by atomic mass is 16.1. The number of fused-ring (bicyclic) bond motifs is 3. The Balaban J connectivity index is 2.19. The number of hydrogen-bond acceptors (Lipinski definition) is 2. The fourth-order valence-electron chi connectivity index (χ4n) is 2.70. The summed E-state index contributed by atoms with van der Waals surface area (Å²) in [5, 5.41) is 2.18. The molecule has 0 saturated carbocycles. The Labute approximate surface area is 121 Å². The molecule has 3 aromatic carbocycles. The number of para-hydroxylation sites is 1. The SMILES string of the molecule is O=c1cnc2c3ccccc3ccc2n1-c1ccccc1. The van der Waals surface area contributed by atoms with Crippen molar-refractivity contribution in [3.63, 3.8) is 0 Å². The van der Waals surface area contributed by atoms with Gasteiger partial charge in [-0.2, -0.15) is 0 Å². The molecule has 1 heterocycles. The Morgan fingerprint density at radius 2 is 1.57 bits per heavy atom. The summed E-state index contributed by atoms with van der Waals surface area (Å²) in [5.41, 5.74) is 2.40. The first-order valence-corrected chi connectivity index (χ1v) is 6.79. The molecule has 3 nitrogen and oxygen atoms in total. The maximum atomic E-state index is 12.3. The average Bonchev–Trinajstić information content (AvgIpc) is 2.55. The summed E-state index contributed by atoms with van der Waals surface area (Å²) in [7, 11) is 0. The van der Waals surface area contributed by atoms with Gasteiger partial charge in [-0.1, -0.05) is 48.5 Å². The van der Waals surface area contributed by atoms with E-state index in [1.807, 2.05) is 60.7 Å². The molecule has 0 aliphatic rings. The van der Waals surface area contributed by atoms with E-state index >= 15 is 0 Å². The lowest BCUT2D eigenvalue weighted by Gasteiger charge is -2.11. The van der Waals surface area contributed by atoms with Crippen LogP contribution in [0.3, 0.4) is 0 Å². The maximum absolute atomic E-state index is 12.3. The molecule has 0 unspecified atom stereocenters. The zero-order valence-corrected chi connectivity index (χ0v) is 11.2. The zero-order chi connectivity index (χ0) is 14.2. The summed E-state index contributed by atoms with van der Waals surface area (Å²) in [6.07, 6.45) is 1.39. The standard InChI is InChI=1S/C18H12N2O/c21-17-12-19-18-15-9-5-4-6-13(15)10-11-16(18)20(17)14-7-2-1-3-8-14/h1-12H. The molecule has 3 heteroatoms. The molecule has 0 N–H and O–H groups in total. The van der Waals surface area contributed by atoms with Crippen molar-refractivity contribution < 1.29 is 0 Å². The molecule has 0 radical (unpaired) electrons. The van der Waals surface area contributed by atoms with Gasteiger partial charge in [-0.25, -0.2) is 4.98 Å². The molecule has 0 fully saturated rings. The van der Waals surface area contributed by atoms with E-state index in [4.69, 9.17) is 0 Å². The minimum Gasteiger partial charge on any atom is -0.274 e. The van der Waals surface area contributed by atoms with E-state index in [1.54, 1.807) is 4.57 Å². The molecular weight excluding hydrogens is 260 g/mol. The van der Waals surface area contributed by atoms with E-state index in [1.165, 1.54) is 6.20 Å². The first-order valence-electron chi connectivity index (χ1n) is 6.79. The van der Waals surface area contributed by atoms with Crippen LogP contribution in [0.4, 0.5) is 0 Å².